The van der Waals surface area contributed by atoms with Gasteiger partial charge in [-0.15, -0.1) is 0 Å². The number of hydrogen-bond acceptors (Lipinski definition) is 3. The number of carbonyl (C=O) groups excluding carboxylic acids is 2. The number of nitrogens with zero attached hydrogens (tertiary/aromatic N) is 1. The van der Waals surface area contributed by atoms with Gasteiger partial charge >= 0.3 is 0 Å². The number of hydrogen-bond donors (Lipinski definition) is 1. The van der Waals surface area contributed by atoms with Crippen LogP contribution in [0.4, 0.5) is 4.39 Å². The first-order valence-corrected chi connectivity index (χ1v) is 9.71. The first-order chi connectivity index (χ1) is 13.7. The first kappa shape index (κ1) is 22.4. The lowest BCUT2D eigenvalue weighted by Gasteiger charge is -2.29. The maximum absolute atomic E-state index is 13.2. The molecule has 0 spiro atoms. The van der Waals surface area contributed by atoms with Gasteiger partial charge in [0.2, 0.25) is 5.91 Å². The molecule has 0 heterocycles. The van der Waals surface area contributed by atoms with Gasteiger partial charge < -0.3 is 15.0 Å². The molecule has 0 saturated heterocycles. The van der Waals surface area contributed by atoms with Crippen molar-refractivity contribution in [1.82, 2.24) is 10.2 Å². The maximum atomic E-state index is 13.2. The summed E-state index contributed by atoms with van der Waals surface area (Å²) in [6.07, 6.45) is 0. The smallest absolute Gasteiger partial charge is 0.261 e. The molecule has 0 unspecified atom stereocenters. The highest BCUT2D eigenvalue weighted by Crippen LogP contribution is 2.19. The van der Waals surface area contributed by atoms with Crippen molar-refractivity contribution in [2.75, 3.05) is 6.61 Å². The Morgan fingerprint density at radius 3 is 2.34 bits per heavy atom. The van der Waals surface area contributed by atoms with Crippen molar-refractivity contribution in [3.63, 3.8) is 0 Å². The van der Waals surface area contributed by atoms with E-state index in [1.165, 1.54) is 17.0 Å². The van der Waals surface area contributed by atoms with Gasteiger partial charge in [-0.25, -0.2) is 4.39 Å². The number of halogens is 1. The second kappa shape index (κ2) is 10.0. The highest BCUT2D eigenvalue weighted by molar-refractivity contribution is 5.88. The summed E-state index contributed by atoms with van der Waals surface area (Å²) in [7, 11) is 0. The summed E-state index contributed by atoms with van der Waals surface area (Å²) in [6.45, 7) is 9.26. The summed E-state index contributed by atoms with van der Waals surface area (Å²) < 4.78 is 19.0. The largest absolute Gasteiger partial charge is 0.483 e. The average Bonchev–Trinajstić information content (AvgIpc) is 2.67. The molecule has 0 aliphatic heterocycles. The Morgan fingerprint density at radius 2 is 1.72 bits per heavy atom. The molecule has 0 bridgehead atoms. The van der Waals surface area contributed by atoms with Gasteiger partial charge in [-0.3, -0.25) is 9.59 Å². The van der Waals surface area contributed by atoms with Gasteiger partial charge in [0.1, 0.15) is 17.6 Å². The molecule has 29 heavy (non-hydrogen) atoms. The highest BCUT2D eigenvalue weighted by Gasteiger charge is 2.27. The lowest BCUT2D eigenvalue weighted by atomic mass is 10.1. The maximum Gasteiger partial charge on any atom is 0.261 e. The van der Waals surface area contributed by atoms with Gasteiger partial charge in [0.25, 0.3) is 5.91 Å². The van der Waals surface area contributed by atoms with E-state index in [1.54, 1.807) is 19.1 Å². The molecule has 0 aliphatic rings. The lowest BCUT2D eigenvalue weighted by molar-refractivity contribution is -0.142. The fourth-order valence-corrected chi connectivity index (χ4v) is 2.86. The molecule has 6 heteroatoms. The zero-order chi connectivity index (χ0) is 21.6. The molecule has 2 rings (SSSR count). The molecule has 2 aromatic carbocycles. The topological polar surface area (TPSA) is 58.6 Å². The molecule has 0 radical (unpaired) electrons. The molecular formula is C23H29FN2O3. The minimum atomic E-state index is -0.697. The van der Waals surface area contributed by atoms with Gasteiger partial charge in [0.15, 0.2) is 6.61 Å². The van der Waals surface area contributed by atoms with E-state index >= 15 is 0 Å². The van der Waals surface area contributed by atoms with Crippen molar-refractivity contribution in [1.29, 1.82) is 0 Å². The molecule has 1 N–H and O–H groups in total. The number of aryl methyl sites for hydroxylation is 2. The van der Waals surface area contributed by atoms with Crippen LogP contribution in [0.3, 0.4) is 0 Å². The van der Waals surface area contributed by atoms with Gasteiger partial charge in [0, 0.05) is 12.6 Å². The Morgan fingerprint density at radius 1 is 1.07 bits per heavy atom. The quantitative estimate of drug-likeness (QED) is 0.734. The molecule has 156 valence electrons. The Hall–Kier alpha value is -2.89. The zero-order valence-corrected chi connectivity index (χ0v) is 17.7. The molecule has 0 fully saturated rings. The third-order valence-corrected chi connectivity index (χ3v) is 4.56. The van der Waals surface area contributed by atoms with Crippen LogP contribution in [-0.2, 0) is 16.1 Å². The van der Waals surface area contributed by atoms with Crippen LogP contribution >= 0.6 is 0 Å². The summed E-state index contributed by atoms with van der Waals surface area (Å²) in [5, 5.41) is 2.83. The minimum Gasteiger partial charge on any atom is -0.483 e. The lowest BCUT2D eigenvalue weighted by Crippen LogP contribution is -2.50. The Bertz CT molecular complexity index is 850. The predicted octanol–water partition coefficient (Wildman–Crippen LogP) is 3.76. The second-order valence-electron chi connectivity index (χ2n) is 7.54. The van der Waals surface area contributed by atoms with Crippen LogP contribution in [0.1, 0.15) is 37.5 Å². The second-order valence-corrected chi connectivity index (χ2v) is 7.54. The Balaban J connectivity index is 2.17. The summed E-state index contributed by atoms with van der Waals surface area (Å²) in [5.74, 6) is -0.279. The van der Waals surface area contributed by atoms with Crippen LogP contribution in [0, 0.1) is 19.7 Å². The third kappa shape index (κ3) is 6.59. The fraction of sp³-hybridized carbons (Fsp3) is 0.391. The van der Waals surface area contributed by atoms with Crippen molar-refractivity contribution in [2.45, 2.75) is 53.2 Å². The van der Waals surface area contributed by atoms with Crippen molar-refractivity contribution < 1.29 is 18.7 Å². The van der Waals surface area contributed by atoms with E-state index in [2.05, 4.69) is 5.32 Å². The van der Waals surface area contributed by atoms with E-state index in [-0.39, 0.29) is 36.8 Å². The summed E-state index contributed by atoms with van der Waals surface area (Å²) in [6, 6.07) is 10.9. The van der Waals surface area contributed by atoms with Crippen molar-refractivity contribution in [3.8, 4) is 5.75 Å². The Labute approximate surface area is 171 Å². The predicted molar refractivity (Wildman–Crippen MR) is 111 cm³/mol. The number of benzene rings is 2. The normalized spacial score (nSPS) is 11.8. The molecule has 2 amide bonds. The van der Waals surface area contributed by atoms with E-state index < -0.39 is 6.04 Å². The van der Waals surface area contributed by atoms with Crippen molar-refractivity contribution in [3.05, 3.63) is 65.0 Å². The van der Waals surface area contributed by atoms with Gasteiger partial charge in [0.05, 0.1) is 0 Å². The average molecular weight is 400 g/mol. The summed E-state index contributed by atoms with van der Waals surface area (Å²) in [4.78, 5) is 26.9. The van der Waals surface area contributed by atoms with E-state index in [0.717, 1.165) is 16.7 Å². The molecule has 5 nitrogen and oxygen atoms in total. The van der Waals surface area contributed by atoms with Gasteiger partial charge in [-0.1, -0.05) is 24.3 Å². The first-order valence-electron chi connectivity index (χ1n) is 9.71. The third-order valence-electron chi connectivity index (χ3n) is 4.56. The minimum absolute atomic E-state index is 0.0427. The van der Waals surface area contributed by atoms with Crippen LogP contribution < -0.4 is 10.1 Å². The molecule has 0 aromatic heterocycles. The van der Waals surface area contributed by atoms with E-state index in [4.69, 9.17) is 4.74 Å². The van der Waals surface area contributed by atoms with Crippen LogP contribution in [0.25, 0.3) is 0 Å². The number of ether oxygens (including phenoxy) is 1. The number of rotatable bonds is 8. The summed E-state index contributed by atoms with van der Waals surface area (Å²) >= 11 is 0. The molecular weight excluding hydrogens is 371 g/mol. The SMILES string of the molecule is Cc1ccc(C)c(OCC(=O)N(Cc2ccc(F)cc2)[C@@H](C)C(=O)NC(C)C)c1. The fourth-order valence-electron chi connectivity index (χ4n) is 2.86. The van der Waals surface area contributed by atoms with Crippen LogP contribution in [0.5, 0.6) is 5.75 Å². The van der Waals surface area contributed by atoms with E-state index in [9.17, 15) is 14.0 Å². The van der Waals surface area contributed by atoms with Gasteiger partial charge in [-0.2, -0.15) is 0 Å². The molecule has 2 aromatic rings. The zero-order valence-electron chi connectivity index (χ0n) is 17.7. The number of carbonyl (C=O) groups is 2. The van der Waals surface area contributed by atoms with Crippen LogP contribution in [0.2, 0.25) is 0 Å². The molecule has 1 atom stereocenters. The standard InChI is InChI=1S/C23H29FN2O3/c1-15(2)25-23(28)18(5)26(13-19-8-10-20(24)11-9-19)22(27)14-29-21-12-16(3)6-7-17(21)4/h6-12,15,18H,13-14H2,1-5H3,(H,25,28)/t18-/m0/s1. The van der Waals surface area contributed by atoms with Crippen LogP contribution in [0.15, 0.2) is 42.5 Å². The Kier molecular flexibility index (Phi) is 7.76. The van der Waals surface area contributed by atoms with E-state index in [1.807, 2.05) is 45.9 Å². The highest BCUT2D eigenvalue weighted by atomic mass is 19.1. The van der Waals surface area contributed by atoms with Crippen molar-refractivity contribution in [2.24, 2.45) is 0 Å². The molecule has 0 aliphatic carbocycles. The van der Waals surface area contributed by atoms with E-state index in [0.29, 0.717) is 5.75 Å². The van der Waals surface area contributed by atoms with Crippen LogP contribution in [-0.4, -0.2) is 35.4 Å². The summed E-state index contributed by atoms with van der Waals surface area (Å²) in [5.41, 5.74) is 2.70. The number of nitrogens with one attached hydrogen (secondary N) is 1. The monoisotopic (exact) mass is 400 g/mol. The number of amides is 2. The van der Waals surface area contributed by atoms with Crippen molar-refractivity contribution >= 4 is 11.8 Å². The molecule has 0 saturated carbocycles. The van der Waals surface area contributed by atoms with Gasteiger partial charge in [-0.05, 0) is 69.5 Å².